The highest BCUT2D eigenvalue weighted by Gasteiger charge is 2.34. The van der Waals surface area contributed by atoms with E-state index in [1.807, 2.05) is 0 Å². The molecule has 12 N–H and O–H groups in total. The van der Waals surface area contributed by atoms with Crippen LogP contribution in [0.15, 0.2) is 4.99 Å². The Bertz CT molecular complexity index is 912. The fourth-order valence-corrected chi connectivity index (χ4v) is 3.39. The molecule has 39 heavy (non-hydrogen) atoms. The predicted octanol–water partition coefficient (Wildman–Crippen LogP) is -3.14. The van der Waals surface area contributed by atoms with Crippen LogP contribution in [0.1, 0.15) is 46.5 Å². The van der Waals surface area contributed by atoms with Crippen LogP contribution in [-0.2, 0) is 28.8 Å². The summed E-state index contributed by atoms with van der Waals surface area (Å²) < 4.78 is 0. The Labute approximate surface area is 231 Å². The second-order valence-corrected chi connectivity index (χ2v) is 9.28. The molecule has 0 aromatic heterocycles. The van der Waals surface area contributed by atoms with Crippen LogP contribution in [0.3, 0.4) is 0 Å². The summed E-state index contributed by atoms with van der Waals surface area (Å²) in [6.45, 7) is 4.91. The Balaban J connectivity index is 5.67. The minimum atomic E-state index is -1.66. The molecule has 0 heterocycles. The molecule has 222 valence electrons. The lowest BCUT2D eigenvalue weighted by atomic mass is 9.97. The summed E-state index contributed by atoms with van der Waals surface area (Å²) in [6, 6.07) is -6.31. The third kappa shape index (κ3) is 13.7. The second-order valence-electron chi connectivity index (χ2n) is 8.91. The van der Waals surface area contributed by atoms with E-state index in [-0.39, 0.29) is 31.1 Å². The molecule has 16 nitrogen and oxygen atoms in total. The molecule has 0 aliphatic carbocycles. The zero-order valence-electron chi connectivity index (χ0n) is 22.2. The van der Waals surface area contributed by atoms with Crippen LogP contribution in [0.5, 0.6) is 0 Å². The highest BCUT2D eigenvalue weighted by Crippen LogP contribution is 2.10. The van der Waals surface area contributed by atoms with Gasteiger partial charge in [0.05, 0.1) is 12.5 Å². The van der Waals surface area contributed by atoms with Crippen molar-refractivity contribution in [1.82, 2.24) is 21.3 Å². The SMILES string of the molecule is CCC(C)C(NC(=O)C(CS)NC(=O)C(C)N)C(=O)NC(CC(=O)O)C(=O)NC(CCCN=C(N)N)C(=O)O. The number of aliphatic imine (C=N–C) groups is 1. The van der Waals surface area contributed by atoms with E-state index in [2.05, 4.69) is 38.9 Å². The molecule has 6 atom stereocenters. The highest BCUT2D eigenvalue weighted by atomic mass is 32.1. The van der Waals surface area contributed by atoms with Gasteiger partial charge in [0.25, 0.3) is 0 Å². The number of nitrogens with zero attached hydrogens (tertiary/aromatic N) is 1. The quantitative estimate of drug-likeness (QED) is 0.0337. The van der Waals surface area contributed by atoms with Crippen molar-refractivity contribution in [2.75, 3.05) is 12.3 Å². The number of guanidine groups is 1. The van der Waals surface area contributed by atoms with Crippen LogP contribution >= 0.6 is 12.6 Å². The normalized spacial score (nSPS) is 15.3. The number of carbonyl (C=O) groups is 6. The molecule has 0 radical (unpaired) electrons. The first-order valence-corrected chi connectivity index (χ1v) is 12.9. The number of thiol groups is 1. The Hall–Kier alpha value is -3.60. The van der Waals surface area contributed by atoms with Gasteiger partial charge in [-0.1, -0.05) is 20.3 Å². The third-order valence-electron chi connectivity index (χ3n) is 5.59. The maximum Gasteiger partial charge on any atom is 0.326 e. The first kappa shape index (κ1) is 35.4. The van der Waals surface area contributed by atoms with Crippen molar-refractivity contribution < 1.29 is 39.0 Å². The molecule has 0 saturated heterocycles. The Morgan fingerprint density at radius 3 is 1.85 bits per heavy atom. The Morgan fingerprint density at radius 2 is 1.38 bits per heavy atom. The zero-order valence-corrected chi connectivity index (χ0v) is 23.1. The summed E-state index contributed by atoms with van der Waals surface area (Å²) in [4.78, 5) is 77.4. The Kier molecular flexibility index (Phi) is 16.2. The van der Waals surface area contributed by atoms with Gasteiger partial charge < -0.3 is 48.7 Å². The van der Waals surface area contributed by atoms with Gasteiger partial charge in [0.15, 0.2) is 5.96 Å². The molecule has 0 aliphatic heterocycles. The van der Waals surface area contributed by atoms with Crippen molar-refractivity contribution >= 4 is 54.2 Å². The van der Waals surface area contributed by atoms with Gasteiger partial charge in [-0.15, -0.1) is 0 Å². The monoisotopic (exact) mass is 576 g/mol. The largest absolute Gasteiger partial charge is 0.481 e. The maximum atomic E-state index is 13.1. The van der Waals surface area contributed by atoms with Crippen LogP contribution in [0.4, 0.5) is 0 Å². The predicted molar refractivity (Wildman–Crippen MR) is 144 cm³/mol. The number of hydrogen-bond acceptors (Lipinski definition) is 9. The first-order chi connectivity index (χ1) is 18.1. The Morgan fingerprint density at radius 1 is 0.846 bits per heavy atom. The van der Waals surface area contributed by atoms with Crippen LogP contribution in [0, 0.1) is 5.92 Å². The lowest BCUT2D eigenvalue weighted by molar-refractivity contribution is -0.144. The van der Waals surface area contributed by atoms with Crippen molar-refractivity contribution in [2.24, 2.45) is 28.1 Å². The number of carbonyl (C=O) groups excluding carboxylic acids is 4. The summed E-state index contributed by atoms with van der Waals surface area (Å²) in [5.74, 6) is -6.88. The van der Waals surface area contributed by atoms with Gasteiger partial charge in [0, 0.05) is 12.3 Å². The molecule has 0 fully saturated rings. The van der Waals surface area contributed by atoms with Gasteiger partial charge >= 0.3 is 11.9 Å². The lowest BCUT2D eigenvalue weighted by Gasteiger charge is -2.28. The van der Waals surface area contributed by atoms with Gasteiger partial charge in [-0.3, -0.25) is 29.0 Å². The van der Waals surface area contributed by atoms with Gasteiger partial charge in [0.1, 0.15) is 24.2 Å². The van der Waals surface area contributed by atoms with E-state index in [9.17, 15) is 39.0 Å². The maximum absolute atomic E-state index is 13.1. The minimum Gasteiger partial charge on any atom is -0.481 e. The number of nitrogens with two attached hydrogens (primary N) is 3. The van der Waals surface area contributed by atoms with Crippen LogP contribution in [0.25, 0.3) is 0 Å². The number of carboxylic acid groups (broad SMARTS) is 2. The second kappa shape index (κ2) is 17.8. The average Bonchev–Trinajstić information content (AvgIpc) is 2.85. The van der Waals surface area contributed by atoms with Crippen LogP contribution < -0.4 is 38.5 Å². The van der Waals surface area contributed by atoms with Crippen molar-refractivity contribution in [1.29, 1.82) is 0 Å². The summed E-state index contributed by atoms with van der Waals surface area (Å²) >= 11 is 4.05. The molecule has 0 aromatic rings. The number of carboxylic acids is 2. The summed E-state index contributed by atoms with van der Waals surface area (Å²) in [5, 5.41) is 28.1. The highest BCUT2D eigenvalue weighted by molar-refractivity contribution is 7.80. The topological polar surface area (TPSA) is 281 Å². The molecule has 0 spiro atoms. The summed E-state index contributed by atoms with van der Waals surface area (Å²) in [7, 11) is 0. The number of aliphatic carboxylic acids is 2. The average molecular weight is 577 g/mol. The standard InChI is InChI=1S/C22H40N8O8S/c1-4-10(2)16(30-19(35)14(9-39)29-17(33)11(3)23)20(36)28-13(8-15(31)32)18(34)27-12(21(37)38)6-5-7-26-22(24)25/h10-14,16,39H,4-9,23H2,1-3H3,(H,27,34)(H,28,36)(H,29,33)(H,30,35)(H,31,32)(H,37,38)(H4,24,25,26). The fourth-order valence-electron chi connectivity index (χ4n) is 3.13. The van der Waals surface area contributed by atoms with Crippen LogP contribution in [-0.4, -0.2) is 94.2 Å². The van der Waals surface area contributed by atoms with E-state index in [0.29, 0.717) is 6.42 Å². The van der Waals surface area contributed by atoms with E-state index in [1.54, 1.807) is 13.8 Å². The number of rotatable bonds is 18. The molecule has 0 aromatic carbocycles. The minimum absolute atomic E-state index is 0.0740. The summed E-state index contributed by atoms with van der Waals surface area (Å²) in [6.07, 6.45) is -0.333. The molecule has 0 aliphatic rings. The van der Waals surface area contributed by atoms with E-state index in [4.69, 9.17) is 17.2 Å². The van der Waals surface area contributed by atoms with Gasteiger partial charge in [0.2, 0.25) is 23.6 Å². The van der Waals surface area contributed by atoms with E-state index >= 15 is 0 Å². The molecular formula is C22H40N8O8S. The molecule has 0 saturated carbocycles. The first-order valence-electron chi connectivity index (χ1n) is 12.2. The van der Waals surface area contributed by atoms with Crippen molar-refractivity contribution in [3.05, 3.63) is 0 Å². The number of nitrogens with one attached hydrogen (secondary N) is 4. The van der Waals surface area contributed by atoms with Gasteiger partial charge in [-0.25, -0.2) is 4.79 Å². The van der Waals surface area contributed by atoms with E-state index < -0.39 is 78.1 Å². The lowest BCUT2D eigenvalue weighted by Crippen LogP contribution is -2.60. The van der Waals surface area contributed by atoms with E-state index in [1.165, 1.54) is 6.92 Å². The fraction of sp³-hybridized carbons (Fsp3) is 0.682. The zero-order chi connectivity index (χ0) is 30.3. The van der Waals surface area contributed by atoms with E-state index in [0.717, 1.165) is 0 Å². The van der Waals surface area contributed by atoms with Crippen molar-refractivity contribution in [2.45, 2.75) is 76.7 Å². The van der Waals surface area contributed by atoms with Gasteiger partial charge in [-0.2, -0.15) is 12.6 Å². The molecule has 0 bridgehead atoms. The summed E-state index contributed by atoms with van der Waals surface area (Å²) in [5.41, 5.74) is 15.9. The molecule has 0 rings (SSSR count). The third-order valence-corrected chi connectivity index (χ3v) is 5.96. The van der Waals surface area contributed by atoms with Gasteiger partial charge in [-0.05, 0) is 25.7 Å². The van der Waals surface area contributed by atoms with Crippen molar-refractivity contribution in [3.8, 4) is 0 Å². The molecular weight excluding hydrogens is 536 g/mol. The van der Waals surface area contributed by atoms with Crippen LogP contribution in [0.2, 0.25) is 0 Å². The van der Waals surface area contributed by atoms with Crippen molar-refractivity contribution in [3.63, 3.8) is 0 Å². The number of amides is 4. The molecule has 4 amide bonds. The molecule has 6 unspecified atom stereocenters. The molecule has 17 heteroatoms. The number of hydrogen-bond donors (Lipinski definition) is 10. The smallest absolute Gasteiger partial charge is 0.326 e.